The molecule has 1 aromatic carbocycles. The highest BCUT2D eigenvalue weighted by molar-refractivity contribution is 6.32. The van der Waals surface area contributed by atoms with Crippen molar-refractivity contribution in [2.24, 2.45) is 21.5 Å². The van der Waals surface area contributed by atoms with Gasteiger partial charge in [-0.25, -0.2) is 4.99 Å². The van der Waals surface area contributed by atoms with Gasteiger partial charge in [-0.05, 0) is 26.0 Å². The summed E-state index contributed by atoms with van der Waals surface area (Å²) in [4.78, 5) is 13.5. The first kappa shape index (κ1) is 20.9. The third-order valence-corrected chi connectivity index (χ3v) is 3.52. The van der Waals surface area contributed by atoms with Crippen molar-refractivity contribution < 1.29 is 27.5 Å². The number of rotatable bonds is 7. The van der Waals surface area contributed by atoms with Gasteiger partial charge in [0.25, 0.3) is 0 Å². The first-order valence-corrected chi connectivity index (χ1v) is 8.16. The number of hydroxylamine groups is 2. The molecule has 2 rings (SSSR count). The average molecular weight is 410 g/mol. The van der Waals surface area contributed by atoms with Gasteiger partial charge in [0.05, 0.1) is 18.2 Å². The molecule has 1 aromatic rings. The van der Waals surface area contributed by atoms with Gasteiger partial charge in [-0.15, -0.1) is 13.2 Å². The molecule has 0 amide bonds. The molecule has 0 aliphatic carbocycles. The third-order valence-electron chi connectivity index (χ3n) is 3.23. The van der Waals surface area contributed by atoms with Crippen LogP contribution in [0.15, 0.2) is 28.2 Å². The second-order valence-electron chi connectivity index (χ2n) is 5.90. The Hall–Kier alpha value is -2.40. The summed E-state index contributed by atoms with van der Waals surface area (Å²) in [7, 11) is 0. The lowest BCUT2D eigenvalue weighted by Gasteiger charge is -2.36. The molecule has 1 heterocycles. The second kappa shape index (κ2) is 8.09. The Balaban J connectivity index is 1.80. The number of guanidine groups is 2. The number of aliphatic imine (C=N–C) groups is 2. The van der Waals surface area contributed by atoms with E-state index in [1.807, 2.05) is 0 Å². The van der Waals surface area contributed by atoms with Crippen molar-refractivity contribution in [2.45, 2.75) is 32.3 Å². The number of alkyl halides is 3. The molecular formula is C15H19ClF3N5O3. The topological polar surface area (TPSA) is 108 Å². The minimum atomic E-state index is -4.79. The summed E-state index contributed by atoms with van der Waals surface area (Å²) in [6.45, 7) is 3.93. The Morgan fingerprint density at radius 2 is 1.93 bits per heavy atom. The highest BCUT2D eigenvalue weighted by Gasteiger charge is 2.33. The highest BCUT2D eigenvalue weighted by atomic mass is 35.5. The Morgan fingerprint density at radius 1 is 1.22 bits per heavy atom. The number of halogens is 4. The molecule has 0 saturated carbocycles. The van der Waals surface area contributed by atoms with Crippen LogP contribution in [0, 0.1) is 0 Å². The summed E-state index contributed by atoms with van der Waals surface area (Å²) < 4.78 is 45.7. The van der Waals surface area contributed by atoms with E-state index >= 15 is 0 Å². The standard InChI is InChI=1S/C15H19ClF3N5O3/c1-14(2)23-12(20)22-13(21)24(14)26-7-3-6-25-11-5-4-9(8-10(11)16)27-15(17,18)19/h4-5,8H,3,6-7H2,1-2H3,(H4,20,21,22,23). The van der Waals surface area contributed by atoms with Gasteiger partial charge in [0, 0.05) is 12.5 Å². The molecule has 27 heavy (non-hydrogen) atoms. The largest absolute Gasteiger partial charge is 0.573 e. The zero-order chi connectivity index (χ0) is 20.2. The van der Waals surface area contributed by atoms with Crippen molar-refractivity contribution in [3.05, 3.63) is 23.2 Å². The van der Waals surface area contributed by atoms with Gasteiger partial charge in [0.1, 0.15) is 11.5 Å². The van der Waals surface area contributed by atoms with E-state index in [0.717, 1.165) is 12.1 Å². The van der Waals surface area contributed by atoms with E-state index in [2.05, 4.69) is 14.7 Å². The van der Waals surface area contributed by atoms with E-state index in [0.29, 0.717) is 6.42 Å². The summed E-state index contributed by atoms with van der Waals surface area (Å²) in [5.41, 5.74) is 10.5. The van der Waals surface area contributed by atoms with Crippen molar-refractivity contribution in [3.8, 4) is 11.5 Å². The Bertz CT molecular complexity index is 740. The summed E-state index contributed by atoms with van der Waals surface area (Å²) in [5, 5.41) is 1.33. The number of ether oxygens (including phenoxy) is 2. The molecule has 0 bridgehead atoms. The van der Waals surface area contributed by atoms with Gasteiger partial charge in [0.15, 0.2) is 5.66 Å². The average Bonchev–Trinajstić information content (AvgIpc) is 2.48. The zero-order valence-electron chi connectivity index (χ0n) is 14.6. The van der Waals surface area contributed by atoms with Crippen molar-refractivity contribution >= 4 is 23.5 Å². The number of nitrogens with two attached hydrogens (primary N) is 2. The van der Waals surface area contributed by atoms with Gasteiger partial charge in [-0.3, -0.25) is 4.84 Å². The molecule has 0 unspecified atom stereocenters. The SMILES string of the molecule is CC1(C)N=C(N)N=C(N)N1OCCCOc1ccc(OC(F)(F)F)cc1Cl. The van der Waals surface area contributed by atoms with Gasteiger partial charge >= 0.3 is 6.36 Å². The van der Waals surface area contributed by atoms with Crippen LogP contribution >= 0.6 is 11.6 Å². The molecule has 0 spiro atoms. The maximum Gasteiger partial charge on any atom is 0.573 e. The van der Waals surface area contributed by atoms with E-state index in [9.17, 15) is 13.2 Å². The minimum Gasteiger partial charge on any atom is -0.492 e. The van der Waals surface area contributed by atoms with Gasteiger partial charge in [-0.1, -0.05) is 11.6 Å². The van der Waals surface area contributed by atoms with Crippen LogP contribution in [0.5, 0.6) is 11.5 Å². The molecule has 0 fully saturated rings. The third kappa shape index (κ3) is 6.07. The maximum absolute atomic E-state index is 12.2. The molecule has 0 saturated heterocycles. The molecule has 8 nitrogen and oxygen atoms in total. The Labute approximate surface area is 158 Å². The molecule has 1 aliphatic heterocycles. The van der Waals surface area contributed by atoms with E-state index in [1.54, 1.807) is 13.8 Å². The molecule has 0 radical (unpaired) electrons. The molecule has 0 atom stereocenters. The number of hydrogen-bond donors (Lipinski definition) is 2. The lowest BCUT2D eigenvalue weighted by molar-refractivity contribution is -0.274. The second-order valence-corrected chi connectivity index (χ2v) is 6.31. The smallest absolute Gasteiger partial charge is 0.492 e. The number of benzene rings is 1. The van der Waals surface area contributed by atoms with Crippen LogP contribution in [-0.2, 0) is 4.84 Å². The lowest BCUT2D eigenvalue weighted by Crippen LogP contribution is -2.53. The zero-order valence-corrected chi connectivity index (χ0v) is 15.3. The fraction of sp³-hybridized carbons (Fsp3) is 0.467. The maximum atomic E-state index is 12.2. The normalized spacial score (nSPS) is 16.6. The summed E-state index contributed by atoms with van der Waals surface area (Å²) in [5.74, 6) is -0.0574. The van der Waals surface area contributed by atoms with Gasteiger partial charge in [-0.2, -0.15) is 10.1 Å². The van der Waals surface area contributed by atoms with Crippen molar-refractivity contribution in [3.63, 3.8) is 0 Å². The predicted octanol–water partition coefficient (Wildman–Crippen LogP) is 2.62. The molecule has 1 aliphatic rings. The monoisotopic (exact) mass is 409 g/mol. The van der Waals surface area contributed by atoms with Crippen LogP contribution in [0.3, 0.4) is 0 Å². The van der Waals surface area contributed by atoms with Crippen LogP contribution in [0.2, 0.25) is 5.02 Å². The van der Waals surface area contributed by atoms with Crippen molar-refractivity contribution in [1.29, 1.82) is 0 Å². The first-order valence-electron chi connectivity index (χ1n) is 7.79. The Morgan fingerprint density at radius 3 is 2.52 bits per heavy atom. The van der Waals surface area contributed by atoms with Crippen molar-refractivity contribution in [1.82, 2.24) is 5.06 Å². The van der Waals surface area contributed by atoms with Crippen molar-refractivity contribution in [2.75, 3.05) is 13.2 Å². The van der Waals surface area contributed by atoms with E-state index in [1.165, 1.54) is 11.1 Å². The lowest BCUT2D eigenvalue weighted by atomic mass is 10.2. The fourth-order valence-electron chi connectivity index (χ4n) is 2.21. The predicted molar refractivity (Wildman–Crippen MR) is 93.4 cm³/mol. The highest BCUT2D eigenvalue weighted by Crippen LogP contribution is 2.31. The summed E-state index contributed by atoms with van der Waals surface area (Å²) in [6, 6.07) is 3.43. The minimum absolute atomic E-state index is 0.00368. The molecule has 150 valence electrons. The van der Waals surface area contributed by atoms with Crippen LogP contribution in [0.4, 0.5) is 13.2 Å². The van der Waals surface area contributed by atoms with E-state index in [4.69, 9.17) is 32.6 Å². The first-order chi connectivity index (χ1) is 12.5. The van der Waals surface area contributed by atoms with Crippen LogP contribution < -0.4 is 20.9 Å². The number of nitrogens with zero attached hydrogens (tertiary/aromatic N) is 3. The summed E-state index contributed by atoms with van der Waals surface area (Å²) in [6.07, 6.45) is -4.35. The number of hydrogen-bond acceptors (Lipinski definition) is 8. The van der Waals surface area contributed by atoms with Crippen LogP contribution in [0.25, 0.3) is 0 Å². The van der Waals surface area contributed by atoms with Crippen LogP contribution in [0.1, 0.15) is 20.3 Å². The quantitative estimate of drug-likeness (QED) is 0.670. The van der Waals surface area contributed by atoms with Gasteiger partial charge in [0.2, 0.25) is 11.9 Å². The molecular weight excluding hydrogens is 391 g/mol. The molecule has 0 aromatic heterocycles. The Kier molecular flexibility index (Phi) is 6.26. The summed E-state index contributed by atoms with van der Waals surface area (Å²) >= 11 is 5.89. The molecule has 12 heteroatoms. The van der Waals surface area contributed by atoms with Crippen LogP contribution in [-0.4, -0.2) is 42.2 Å². The fourth-order valence-corrected chi connectivity index (χ4v) is 2.44. The molecule has 4 N–H and O–H groups in total. The van der Waals surface area contributed by atoms with Gasteiger partial charge < -0.3 is 20.9 Å². The van der Waals surface area contributed by atoms with E-state index in [-0.39, 0.29) is 35.9 Å². The van der Waals surface area contributed by atoms with E-state index < -0.39 is 17.8 Å².